The predicted octanol–water partition coefficient (Wildman–Crippen LogP) is 0.219. The molecule has 1 fully saturated rings. The SMILES string of the molecule is COc1ccc(C[NH+]2CCN(C(=O)CN3C(=O)c4ccccc4C3=O)CC2)cc1. The average Bonchev–Trinajstić information content (AvgIpc) is 3.00. The molecule has 0 unspecified atom stereocenters. The number of ether oxygens (including phenoxy) is 1. The van der Waals surface area contributed by atoms with Gasteiger partial charge >= 0.3 is 0 Å². The van der Waals surface area contributed by atoms with Crippen molar-refractivity contribution >= 4 is 17.7 Å². The van der Waals surface area contributed by atoms with Crippen LogP contribution in [0, 0.1) is 0 Å². The lowest BCUT2D eigenvalue weighted by Crippen LogP contribution is -3.13. The van der Waals surface area contributed by atoms with E-state index in [-0.39, 0.29) is 24.3 Å². The fraction of sp³-hybridized carbons (Fsp3) is 0.318. The van der Waals surface area contributed by atoms with Crippen LogP contribution >= 0.6 is 0 Å². The summed E-state index contributed by atoms with van der Waals surface area (Å²) in [6.07, 6.45) is 0. The zero-order valence-corrected chi connectivity index (χ0v) is 16.4. The maximum atomic E-state index is 12.7. The molecule has 29 heavy (non-hydrogen) atoms. The van der Waals surface area contributed by atoms with Gasteiger partial charge in [-0.3, -0.25) is 19.3 Å². The first-order chi connectivity index (χ1) is 14.1. The number of hydrogen-bond donors (Lipinski definition) is 1. The highest BCUT2D eigenvalue weighted by molar-refractivity contribution is 6.22. The Morgan fingerprint density at radius 1 is 0.966 bits per heavy atom. The van der Waals surface area contributed by atoms with Crippen molar-refractivity contribution in [2.24, 2.45) is 0 Å². The number of nitrogens with zero attached hydrogens (tertiary/aromatic N) is 2. The molecule has 3 amide bonds. The number of fused-ring (bicyclic) bond motifs is 1. The van der Waals surface area contributed by atoms with Gasteiger partial charge in [0.05, 0.1) is 44.4 Å². The zero-order chi connectivity index (χ0) is 20.4. The third-order valence-corrected chi connectivity index (χ3v) is 5.61. The summed E-state index contributed by atoms with van der Waals surface area (Å²) in [5, 5.41) is 0. The summed E-state index contributed by atoms with van der Waals surface area (Å²) in [6, 6.07) is 14.7. The highest BCUT2D eigenvalue weighted by atomic mass is 16.5. The van der Waals surface area contributed by atoms with E-state index in [1.165, 1.54) is 10.5 Å². The summed E-state index contributed by atoms with van der Waals surface area (Å²) < 4.78 is 5.19. The van der Waals surface area contributed by atoms with Crippen molar-refractivity contribution in [2.75, 3.05) is 39.8 Å². The van der Waals surface area contributed by atoms with Gasteiger partial charge in [0.2, 0.25) is 5.91 Å². The first kappa shape index (κ1) is 19.1. The molecule has 0 radical (unpaired) electrons. The van der Waals surface area contributed by atoms with E-state index in [0.29, 0.717) is 24.2 Å². The molecule has 2 aromatic carbocycles. The van der Waals surface area contributed by atoms with Crippen molar-refractivity contribution in [3.8, 4) is 5.75 Å². The number of rotatable bonds is 5. The molecule has 0 atom stereocenters. The van der Waals surface area contributed by atoms with Crippen molar-refractivity contribution in [1.82, 2.24) is 9.80 Å². The molecule has 1 N–H and O–H groups in total. The third-order valence-electron chi connectivity index (χ3n) is 5.61. The van der Waals surface area contributed by atoms with Crippen molar-refractivity contribution in [3.05, 3.63) is 65.2 Å². The Morgan fingerprint density at radius 2 is 1.55 bits per heavy atom. The predicted molar refractivity (Wildman–Crippen MR) is 106 cm³/mol. The van der Waals surface area contributed by atoms with E-state index in [2.05, 4.69) is 12.1 Å². The van der Waals surface area contributed by atoms with E-state index in [1.54, 1.807) is 36.3 Å². The van der Waals surface area contributed by atoms with Gasteiger partial charge in [-0.15, -0.1) is 0 Å². The zero-order valence-electron chi connectivity index (χ0n) is 16.4. The quantitative estimate of drug-likeness (QED) is 0.737. The van der Waals surface area contributed by atoms with Crippen molar-refractivity contribution < 1.29 is 24.0 Å². The van der Waals surface area contributed by atoms with Gasteiger partial charge in [-0.25, -0.2) is 0 Å². The summed E-state index contributed by atoms with van der Waals surface area (Å²) in [4.78, 5) is 41.8. The van der Waals surface area contributed by atoms with Crippen LogP contribution in [0.15, 0.2) is 48.5 Å². The number of quaternary nitrogens is 1. The molecular formula is C22H24N3O4+. The van der Waals surface area contributed by atoms with Crippen LogP contribution in [0.25, 0.3) is 0 Å². The minimum atomic E-state index is -0.386. The Bertz CT molecular complexity index is 898. The Labute approximate surface area is 169 Å². The van der Waals surface area contributed by atoms with Crippen molar-refractivity contribution in [2.45, 2.75) is 6.54 Å². The molecule has 2 aromatic rings. The van der Waals surface area contributed by atoms with E-state index >= 15 is 0 Å². The molecule has 0 bridgehead atoms. The fourth-order valence-corrected chi connectivity index (χ4v) is 3.90. The Kier molecular flexibility index (Phi) is 5.31. The van der Waals surface area contributed by atoms with Gasteiger partial charge in [0.1, 0.15) is 18.8 Å². The van der Waals surface area contributed by atoms with E-state index in [1.807, 2.05) is 12.1 Å². The molecule has 4 rings (SSSR count). The number of nitrogens with one attached hydrogen (secondary N) is 1. The number of amides is 3. The highest BCUT2D eigenvalue weighted by Gasteiger charge is 2.37. The first-order valence-electron chi connectivity index (χ1n) is 9.76. The van der Waals surface area contributed by atoms with Crippen molar-refractivity contribution in [3.63, 3.8) is 0 Å². The normalized spacial score (nSPS) is 16.9. The van der Waals surface area contributed by atoms with Crippen LogP contribution in [-0.4, -0.2) is 67.4 Å². The highest BCUT2D eigenvalue weighted by Crippen LogP contribution is 2.22. The number of methoxy groups -OCH3 is 1. The molecule has 0 aromatic heterocycles. The molecule has 2 aliphatic heterocycles. The number of imide groups is 1. The van der Waals surface area contributed by atoms with E-state index in [0.717, 1.165) is 30.3 Å². The second kappa shape index (κ2) is 8.05. The van der Waals surface area contributed by atoms with Gasteiger partial charge in [-0.1, -0.05) is 12.1 Å². The molecular weight excluding hydrogens is 370 g/mol. The van der Waals surface area contributed by atoms with Gasteiger partial charge in [0.25, 0.3) is 11.8 Å². The molecule has 0 aliphatic carbocycles. The lowest BCUT2D eigenvalue weighted by atomic mass is 10.1. The molecule has 2 aliphatic rings. The average molecular weight is 394 g/mol. The lowest BCUT2D eigenvalue weighted by molar-refractivity contribution is -0.917. The number of hydrogen-bond acceptors (Lipinski definition) is 4. The van der Waals surface area contributed by atoms with Gasteiger partial charge < -0.3 is 14.5 Å². The molecule has 150 valence electrons. The van der Waals surface area contributed by atoms with Crippen molar-refractivity contribution in [1.29, 1.82) is 0 Å². The molecule has 7 heteroatoms. The Balaban J connectivity index is 1.30. The largest absolute Gasteiger partial charge is 0.497 e. The van der Waals surface area contributed by atoms with Gasteiger partial charge in [-0.2, -0.15) is 0 Å². The molecule has 2 heterocycles. The maximum Gasteiger partial charge on any atom is 0.262 e. The molecule has 7 nitrogen and oxygen atoms in total. The van der Waals surface area contributed by atoms with Crippen LogP contribution in [0.1, 0.15) is 26.3 Å². The van der Waals surface area contributed by atoms with E-state index < -0.39 is 0 Å². The topological polar surface area (TPSA) is 71.4 Å². The summed E-state index contributed by atoms with van der Waals surface area (Å²) in [5.74, 6) is -0.110. The first-order valence-corrected chi connectivity index (χ1v) is 9.76. The maximum absolute atomic E-state index is 12.7. The molecule has 0 saturated carbocycles. The van der Waals surface area contributed by atoms with Crippen LogP contribution in [0.5, 0.6) is 5.75 Å². The number of carbonyl (C=O) groups excluding carboxylic acids is 3. The molecule has 0 spiro atoms. The van der Waals surface area contributed by atoms with Crippen LogP contribution in [0.4, 0.5) is 0 Å². The smallest absolute Gasteiger partial charge is 0.262 e. The monoisotopic (exact) mass is 394 g/mol. The number of benzene rings is 2. The van der Waals surface area contributed by atoms with E-state index in [9.17, 15) is 14.4 Å². The summed E-state index contributed by atoms with van der Waals surface area (Å²) >= 11 is 0. The summed E-state index contributed by atoms with van der Waals surface area (Å²) in [7, 11) is 1.65. The van der Waals surface area contributed by atoms with Crippen LogP contribution < -0.4 is 9.64 Å². The standard InChI is InChI=1S/C22H23N3O4/c1-29-17-8-6-16(7-9-17)14-23-10-12-24(13-11-23)20(26)15-25-21(27)18-4-2-3-5-19(18)22(25)28/h2-9H,10-15H2,1H3/p+1. The third kappa shape index (κ3) is 3.86. The number of carbonyl (C=O) groups is 3. The number of piperazine rings is 1. The minimum Gasteiger partial charge on any atom is -0.497 e. The second-order valence-corrected chi connectivity index (χ2v) is 7.40. The minimum absolute atomic E-state index is 0.178. The van der Waals surface area contributed by atoms with Crippen LogP contribution in [-0.2, 0) is 11.3 Å². The van der Waals surface area contributed by atoms with E-state index in [4.69, 9.17) is 4.74 Å². The van der Waals surface area contributed by atoms with Crippen LogP contribution in [0.3, 0.4) is 0 Å². The summed E-state index contributed by atoms with van der Waals surface area (Å²) in [6.45, 7) is 3.60. The Morgan fingerprint density at radius 3 is 2.10 bits per heavy atom. The summed E-state index contributed by atoms with van der Waals surface area (Å²) in [5.41, 5.74) is 1.98. The second-order valence-electron chi connectivity index (χ2n) is 7.40. The molecule has 1 saturated heterocycles. The van der Waals surface area contributed by atoms with Gasteiger partial charge in [0, 0.05) is 5.56 Å². The van der Waals surface area contributed by atoms with Gasteiger partial charge in [0.15, 0.2) is 0 Å². The van der Waals surface area contributed by atoms with Gasteiger partial charge in [-0.05, 0) is 36.4 Å². The Hall–Kier alpha value is -3.19. The fourth-order valence-electron chi connectivity index (χ4n) is 3.90. The lowest BCUT2D eigenvalue weighted by Gasteiger charge is -2.33. The van der Waals surface area contributed by atoms with Crippen LogP contribution in [0.2, 0.25) is 0 Å².